The van der Waals surface area contributed by atoms with Gasteiger partial charge in [-0.05, 0) is 64.8 Å². The Hall–Kier alpha value is -4.75. The van der Waals surface area contributed by atoms with E-state index in [1.165, 1.54) is 7.11 Å². The van der Waals surface area contributed by atoms with Crippen LogP contribution in [0.2, 0.25) is 0 Å². The highest BCUT2D eigenvalue weighted by atomic mass is 32.1. The fourth-order valence-corrected chi connectivity index (χ4v) is 4.62. The van der Waals surface area contributed by atoms with Crippen molar-refractivity contribution in [3.63, 3.8) is 0 Å². The standard InChI is InChI=1S/C30H21N3O3S/c1-35-26-17-20-9-3-2-8-19(20)16-24(26)28(34)33-30(37)31-22-11-6-10-21(15-22)29-32-27-23-12-5-4-7-18(23)13-14-25(27)36-29/h2-17H,1H3,(H2,31,33,34,37). The molecule has 1 heterocycles. The Morgan fingerprint density at radius 3 is 2.43 bits per heavy atom. The molecule has 0 aliphatic heterocycles. The molecule has 6 nitrogen and oxygen atoms in total. The summed E-state index contributed by atoms with van der Waals surface area (Å²) >= 11 is 5.43. The molecule has 2 N–H and O–H groups in total. The van der Waals surface area contributed by atoms with Crippen LogP contribution in [0, 0.1) is 0 Å². The monoisotopic (exact) mass is 503 g/mol. The molecule has 5 aromatic carbocycles. The molecule has 6 rings (SSSR count). The minimum Gasteiger partial charge on any atom is -0.496 e. The second kappa shape index (κ2) is 9.37. The van der Waals surface area contributed by atoms with E-state index in [0.29, 0.717) is 22.9 Å². The van der Waals surface area contributed by atoms with E-state index in [9.17, 15) is 4.79 Å². The predicted molar refractivity (Wildman–Crippen MR) is 151 cm³/mol. The molecule has 37 heavy (non-hydrogen) atoms. The summed E-state index contributed by atoms with van der Waals surface area (Å²) in [5, 5.41) is 10.1. The average molecular weight is 504 g/mol. The van der Waals surface area contributed by atoms with Gasteiger partial charge >= 0.3 is 0 Å². The van der Waals surface area contributed by atoms with Gasteiger partial charge in [0.1, 0.15) is 11.3 Å². The maximum atomic E-state index is 13.0. The van der Waals surface area contributed by atoms with Gasteiger partial charge in [-0.3, -0.25) is 10.1 Å². The second-order valence-electron chi connectivity index (χ2n) is 8.54. The zero-order valence-corrected chi connectivity index (χ0v) is 20.6. The summed E-state index contributed by atoms with van der Waals surface area (Å²) in [6, 6.07) is 31.0. The highest BCUT2D eigenvalue weighted by Crippen LogP contribution is 2.31. The first-order valence-electron chi connectivity index (χ1n) is 11.7. The van der Waals surface area contributed by atoms with Crippen molar-refractivity contribution in [3.8, 4) is 17.2 Å². The number of hydrogen-bond acceptors (Lipinski definition) is 5. The number of nitrogens with one attached hydrogen (secondary N) is 2. The fraction of sp³-hybridized carbons (Fsp3) is 0.0333. The number of carbonyl (C=O) groups is 1. The molecule has 0 unspecified atom stereocenters. The molecule has 0 aliphatic rings. The van der Waals surface area contributed by atoms with E-state index < -0.39 is 0 Å². The van der Waals surface area contributed by atoms with Gasteiger partial charge in [0.2, 0.25) is 5.89 Å². The van der Waals surface area contributed by atoms with Crippen molar-refractivity contribution in [2.75, 3.05) is 12.4 Å². The molecule has 0 saturated carbocycles. The fourth-order valence-electron chi connectivity index (χ4n) is 4.41. The zero-order chi connectivity index (χ0) is 25.4. The van der Waals surface area contributed by atoms with E-state index in [1.54, 1.807) is 6.07 Å². The highest BCUT2D eigenvalue weighted by Gasteiger charge is 2.16. The summed E-state index contributed by atoms with van der Waals surface area (Å²) in [4.78, 5) is 17.8. The third kappa shape index (κ3) is 4.37. The average Bonchev–Trinajstić information content (AvgIpc) is 3.37. The van der Waals surface area contributed by atoms with E-state index in [1.807, 2.05) is 84.9 Å². The quantitative estimate of drug-likeness (QED) is 0.254. The van der Waals surface area contributed by atoms with E-state index in [-0.39, 0.29) is 11.0 Å². The van der Waals surface area contributed by atoms with E-state index in [4.69, 9.17) is 26.4 Å². The molecule has 0 bridgehead atoms. The number of amides is 1. The minimum atomic E-state index is -0.359. The topological polar surface area (TPSA) is 76.4 Å². The summed E-state index contributed by atoms with van der Waals surface area (Å²) in [6.45, 7) is 0. The van der Waals surface area contributed by atoms with Crippen molar-refractivity contribution >= 4 is 61.6 Å². The molecule has 0 aliphatic carbocycles. The van der Waals surface area contributed by atoms with Gasteiger partial charge in [-0.25, -0.2) is 4.98 Å². The number of hydrogen-bond donors (Lipinski definition) is 2. The summed E-state index contributed by atoms with van der Waals surface area (Å²) in [7, 11) is 1.54. The van der Waals surface area contributed by atoms with Gasteiger partial charge in [0.15, 0.2) is 10.7 Å². The second-order valence-corrected chi connectivity index (χ2v) is 8.95. The summed E-state index contributed by atoms with van der Waals surface area (Å²) < 4.78 is 11.5. The Bertz CT molecular complexity index is 1830. The summed E-state index contributed by atoms with van der Waals surface area (Å²) in [5.41, 5.74) is 3.42. The van der Waals surface area contributed by atoms with Gasteiger partial charge < -0.3 is 14.5 Å². The number of nitrogens with zero attached hydrogens (tertiary/aromatic N) is 1. The first-order valence-corrected chi connectivity index (χ1v) is 12.1. The van der Waals surface area contributed by atoms with Gasteiger partial charge in [-0.1, -0.05) is 60.7 Å². The maximum Gasteiger partial charge on any atom is 0.261 e. The smallest absolute Gasteiger partial charge is 0.261 e. The van der Waals surface area contributed by atoms with Crippen molar-refractivity contribution in [2.45, 2.75) is 0 Å². The number of aromatic nitrogens is 1. The number of methoxy groups -OCH3 is 1. The number of ether oxygens (including phenoxy) is 1. The molecule has 180 valence electrons. The van der Waals surface area contributed by atoms with Crippen LogP contribution in [0.15, 0.2) is 101 Å². The maximum absolute atomic E-state index is 13.0. The van der Waals surface area contributed by atoms with Crippen LogP contribution in [0.25, 0.3) is 44.1 Å². The predicted octanol–water partition coefficient (Wildman–Crippen LogP) is 6.94. The summed E-state index contributed by atoms with van der Waals surface area (Å²) in [5.74, 6) is 0.623. The van der Waals surface area contributed by atoms with Crippen LogP contribution >= 0.6 is 12.2 Å². The molecule has 6 aromatic rings. The van der Waals surface area contributed by atoms with Crippen molar-refractivity contribution in [2.24, 2.45) is 0 Å². The van der Waals surface area contributed by atoms with Crippen LogP contribution in [0.4, 0.5) is 5.69 Å². The lowest BCUT2D eigenvalue weighted by Crippen LogP contribution is -2.34. The normalized spacial score (nSPS) is 11.1. The van der Waals surface area contributed by atoms with Crippen LogP contribution in [0.5, 0.6) is 5.75 Å². The van der Waals surface area contributed by atoms with Crippen molar-refractivity contribution < 1.29 is 13.9 Å². The van der Waals surface area contributed by atoms with Crippen molar-refractivity contribution in [3.05, 3.63) is 103 Å². The van der Waals surface area contributed by atoms with Crippen LogP contribution in [-0.2, 0) is 0 Å². The zero-order valence-electron chi connectivity index (χ0n) is 19.8. The third-order valence-corrected chi connectivity index (χ3v) is 6.39. The molecule has 0 saturated heterocycles. The molecule has 0 fully saturated rings. The number of thiocarbonyl (C=S) groups is 1. The Kier molecular flexibility index (Phi) is 5.75. The number of carbonyl (C=O) groups excluding carboxylic acids is 1. The van der Waals surface area contributed by atoms with Gasteiger partial charge in [-0.2, -0.15) is 0 Å². The van der Waals surface area contributed by atoms with E-state index in [0.717, 1.165) is 38.2 Å². The van der Waals surface area contributed by atoms with Crippen LogP contribution in [-0.4, -0.2) is 23.1 Å². The Morgan fingerprint density at radius 1 is 0.865 bits per heavy atom. The molecule has 1 amide bonds. The summed E-state index contributed by atoms with van der Waals surface area (Å²) in [6.07, 6.45) is 0. The molecular formula is C30H21N3O3S. The van der Waals surface area contributed by atoms with Gasteiger partial charge in [-0.15, -0.1) is 0 Å². The largest absolute Gasteiger partial charge is 0.496 e. The molecule has 0 spiro atoms. The number of rotatable bonds is 4. The third-order valence-electron chi connectivity index (χ3n) is 6.19. The Balaban J connectivity index is 1.23. The van der Waals surface area contributed by atoms with Crippen LogP contribution in [0.1, 0.15) is 10.4 Å². The lowest BCUT2D eigenvalue weighted by molar-refractivity contribution is 0.0975. The Labute approximate surface area is 217 Å². The minimum absolute atomic E-state index is 0.168. The highest BCUT2D eigenvalue weighted by molar-refractivity contribution is 7.80. The first kappa shape index (κ1) is 22.7. The van der Waals surface area contributed by atoms with Crippen LogP contribution in [0.3, 0.4) is 0 Å². The SMILES string of the molecule is COc1cc2ccccc2cc1C(=O)NC(=S)Nc1cccc(-c2nc3c(ccc4ccccc43)o2)c1. The molecular weight excluding hydrogens is 482 g/mol. The Morgan fingerprint density at radius 2 is 1.62 bits per heavy atom. The number of anilines is 1. The number of oxazole rings is 1. The number of benzene rings is 5. The van der Waals surface area contributed by atoms with Gasteiger partial charge in [0, 0.05) is 16.6 Å². The molecule has 0 radical (unpaired) electrons. The number of fused-ring (bicyclic) bond motifs is 4. The molecule has 0 atom stereocenters. The van der Waals surface area contributed by atoms with Crippen molar-refractivity contribution in [1.82, 2.24) is 10.3 Å². The molecule has 1 aromatic heterocycles. The molecule has 7 heteroatoms. The van der Waals surface area contributed by atoms with Crippen molar-refractivity contribution in [1.29, 1.82) is 0 Å². The van der Waals surface area contributed by atoms with E-state index >= 15 is 0 Å². The van der Waals surface area contributed by atoms with Gasteiger partial charge in [0.05, 0.1) is 12.7 Å². The van der Waals surface area contributed by atoms with Crippen LogP contribution < -0.4 is 15.4 Å². The van der Waals surface area contributed by atoms with E-state index in [2.05, 4.69) is 16.7 Å². The lowest BCUT2D eigenvalue weighted by atomic mass is 10.1. The van der Waals surface area contributed by atoms with Gasteiger partial charge in [0.25, 0.3) is 5.91 Å². The lowest BCUT2D eigenvalue weighted by Gasteiger charge is -2.13. The first-order chi connectivity index (χ1) is 18.1.